The van der Waals surface area contributed by atoms with Gasteiger partial charge >= 0.3 is 0 Å². The molecule has 0 radical (unpaired) electrons. The Morgan fingerprint density at radius 2 is 1.94 bits per heavy atom. The average Bonchev–Trinajstić information content (AvgIpc) is 2.44. The van der Waals surface area contributed by atoms with Crippen LogP contribution in [0.3, 0.4) is 0 Å². The molecule has 16 heavy (non-hydrogen) atoms. The van der Waals surface area contributed by atoms with Crippen molar-refractivity contribution < 1.29 is 4.74 Å². The summed E-state index contributed by atoms with van der Waals surface area (Å²) in [5, 5.41) is 0. The highest BCUT2D eigenvalue weighted by Crippen LogP contribution is 2.42. The Balaban J connectivity index is 3.19. The molecule has 0 aromatic heterocycles. The predicted molar refractivity (Wildman–Crippen MR) is 69.3 cm³/mol. The summed E-state index contributed by atoms with van der Waals surface area (Å²) in [4.78, 5) is 2.28. The number of rotatable bonds is 4. The second kappa shape index (κ2) is 4.62. The van der Waals surface area contributed by atoms with Crippen molar-refractivity contribution in [2.75, 3.05) is 20.7 Å². The van der Waals surface area contributed by atoms with E-state index in [1.807, 2.05) is 6.92 Å². The Bertz CT molecular complexity index is 326. The molecule has 0 heterocycles. The summed E-state index contributed by atoms with van der Waals surface area (Å²) in [7, 11) is 4.27. The number of nitrogens with zero attached hydrogens (tertiary/aromatic N) is 1. The molecule has 1 rings (SSSR count). The lowest BCUT2D eigenvalue weighted by atomic mass is 9.82. The van der Waals surface area contributed by atoms with Crippen LogP contribution in [0.4, 0.5) is 0 Å². The van der Waals surface area contributed by atoms with E-state index in [-0.39, 0.29) is 5.54 Å². The number of ether oxygens (including phenoxy) is 1. The summed E-state index contributed by atoms with van der Waals surface area (Å²) in [6.07, 6.45) is 2.23. The van der Waals surface area contributed by atoms with E-state index in [9.17, 15) is 0 Å². The van der Waals surface area contributed by atoms with Gasteiger partial charge in [-0.3, -0.25) is 4.90 Å². The highest BCUT2D eigenvalue weighted by atomic mass is 16.5. The van der Waals surface area contributed by atoms with Gasteiger partial charge in [0.15, 0.2) is 0 Å². The fraction of sp³-hybridized carbons (Fsp3) is 0.714. The molecule has 1 unspecified atom stereocenters. The van der Waals surface area contributed by atoms with Crippen LogP contribution in [0.25, 0.3) is 0 Å². The van der Waals surface area contributed by atoms with E-state index in [2.05, 4.69) is 52.8 Å². The minimum Gasteiger partial charge on any atom is -0.494 e. The van der Waals surface area contributed by atoms with Crippen LogP contribution in [0.5, 0.6) is 0 Å². The molecule has 2 heteroatoms. The Morgan fingerprint density at radius 3 is 2.25 bits per heavy atom. The molecule has 1 aliphatic rings. The van der Waals surface area contributed by atoms with Gasteiger partial charge in [0, 0.05) is 0 Å². The highest BCUT2D eigenvalue weighted by molar-refractivity contribution is 5.48. The monoisotopic (exact) mass is 223 g/mol. The molecular formula is C14H25NO. The average molecular weight is 223 g/mol. The quantitative estimate of drug-likeness (QED) is 0.725. The van der Waals surface area contributed by atoms with E-state index in [1.54, 1.807) is 0 Å². The molecule has 1 atom stereocenters. The molecule has 0 saturated heterocycles. The van der Waals surface area contributed by atoms with Crippen LogP contribution in [0.2, 0.25) is 0 Å². The molecule has 0 spiro atoms. The van der Waals surface area contributed by atoms with Gasteiger partial charge in [-0.05, 0) is 58.0 Å². The van der Waals surface area contributed by atoms with Crippen molar-refractivity contribution in [3.63, 3.8) is 0 Å². The van der Waals surface area contributed by atoms with Crippen LogP contribution in [0.1, 0.15) is 34.6 Å². The molecule has 0 fully saturated rings. The summed E-state index contributed by atoms with van der Waals surface area (Å²) in [6.45, 7) is 11.7. The smallest absolute Gasteiger partial charge is 0.120 e. The third-order valence-electron chi connectivity index (χ3n) is 3.76. The zero-order valence-electron chi connectivity index (χ0n) is 11.7. The van der Waals surface area contributed by atoms with Gasteiger partial charge in [-0.2, -0.15) is 0 Å². The van der Waals surface area contributed by atoms with Crippen molar-refractivity contribution in [1.82, 2.24) is 4.90 Å². The molecule has 2 nitrogen and oxygen atoms in total. The first-order valence-electron chi connectivity index (χ1n) is 6.09. The normalized spacial score (nSPS) is 25.7. The molecule has 0 amide bonds. The van der Waals surface area contributed by atoms with Crippen LogP contribution >= 0.6 is 0 Å². The summed E-state index contributed by atoms with van der Waals surface area (Å²) in [5.41, 5.74) is 2.78. The molecule has 0 saturated carbocycles. The third kappa shape index (κ3) is 1.91. The number of hydrogen-bond acceptors (Lipinski definition) is 2. The lowest BCUT2D eigenvalue weighted by Crippen LogP contribution is -2.44. The lowest BCUT2D eigenvalue weighted by molar-refractivity contribution is 0.219. The van der Waals surface area contributed by atoms with Crippen LogP contribution in [0, 0.1) is 5.92 Å². The zero-order valence-corrected chi connectivity index (χ0v) is 11.7. The first-order valence-corrected chi connectivity index (χ1v) is 6.09. The standard InChI is InChI=1S/C14H25NO/c1-8-16-13-9-12(10(2)3)14(5,11(13)4)15(6)7/h9-10H,8H2,1-7H3. The lowest BCUT2D eigenvalue weighted by Gasteiger charge is -2.38. The van der Waals surface area contributed by atoms with E-state index < -0.39 is 0 Å². The second-order valence-electron chi connectivity index (χ2n) is 5.14. The van der Waals surface area contributed by atoms with Gasteiger partial charge in [0.25, 0.3) is 0 Å². The van der Waals surface area contributed by atoms with E-state index in [1.165, 1.54) is 11.1 Å². The first kappa shape index (κ1) is 13.3. The minimum atomic E-state index is 0.0126. The molecule has 1 aliphatic carbocycles. The van der Waals surface area contributed by atoms with Crippen molar-refractivity contribution in [3.05, 3.63) is 23.0 Å². The maximum Gasteiger partial charge on any atom is 0.120 e. The molecule has 0 bridgehead atoms. The second-order valence-corrected chi connectivity index (χ2v) is 5.14. The Hall–Kier alpha value is -0.760. The van der Waals surface area contributed by atoms with Gasteiger partial charge in [0.1, 0.15) is 5.76 Å². The number of hydrogen-bond donors (Lipinski definition) is 0. The van der Waals surface area contributed by atoms with Gasteiger partial charge in [-0.25, -0.2) is 0 Å². The van der Waals surface area contributed by atoms with Crippen molar-refractivity contribution in [2.24, 2.45) is 5.92 Å². The summed E-state index contributed by atoms with van der Waals surface area (Å²) >= 11 is 0. The fourth-order valence-electron chi connectivity index (χ4n) is 2.47. The van der Waals surface area contributed by atoms with Crippen molar-refractivity contribution in [2.45, 2.75) is 40.2 Å². The fourth-order valence-corrected chi connectivity index (χ4v) is 2.47. The van der Waals surface area contributed by atoms with Gasteiger partial charge in [0.2, 0.25) is 0 Å². The van der Waals surface area contributed by atoms with E-state index in [4.69, 9.17) is 4.74 Å². The molecular weight excluding hydrogens is 198 g/mol. The number of likely N-dealkylation sites (N-methyl/N-ethyl adjacent to an activating group) is 1. The summed E-state index contributed by atoms with van der Waals surface area (Å²) in [5.74, 6) is 1.60. The molecule has 92 valence electrons. The van der Waals surface area contributed by atoms with E-state index >= 15 is 0 Å². The number of allylic oxidation sites excluding steroid dienone is 1. The van der Waals surface area contributed by atoms with Crippen LogP contribution in [-0.2, 0) is 4.74 Å². The van der Waals surface area contributed by atoms with Gasteiger partial charge in [0.05, 0.1) is 12.1 Å². The zero-order chi connectivity index (χ0) is 12.5. The maximum atomic E-state index is 5.72. The Kier molecular flexibility index (Phi) is 3.84. The van der Waals surface area contributed by atoms with Gasteiger partial charge < -0.3 is 4.74 Å². The largest absolute Gasteiger partial charge is 0.494 e. The maximum absolute atomic E-state index is 5.72. The summed E-state index contributed by atoms with van der Waals surface area (Å²) < 4.78 is 5.72. The van der Waals surface area contributed by atoms with Crippen LogP contribution in [-0.4, -0.2) is 31.1 Å². The highest BCUT2D eigenvalue weighted by Gasteiger charge is 2.40. The Labute approximate surface area is 100.0 Å². The Morgan fingerprint density at radius 1 is 1.38 bits per heavy atom. The first-order chi connectivity index (χ1) is 7.35. The summed E-state index contributed by atoms with van der Waals surface area (Å²) in [6, 6.07) is 0. The molecule has 0 aromatic carbocycles. The van der Waals surface area contributed by atoms with Gasteiger partial charge in [-0.15, -0.1) is 0 Å². The van der Waals surface area contributed by atoms with Crippen LogP contribution < -0.4 is 0 Å². The molecule has 0 aromatic rings. The minimum absolute atomic E-state index is 0.0126. The van der Waals surface area contributed by atoms with E-state index in [0.29, 0.717) is 5.92 Å². The predicted octanol–water partition coefficient (Wildman–Crippen LogP) is 3.21. The van der Waals surface area contributed by atoms with Crippen molar-refractivity contribution in [3.8, 4) is 0 Å². The molecule has 0 aliphatic heterocycles. The van der Waals surface area contributed by atoms with Gasteiger partial charge in [-0.1, -0.05) is 13.8 Å². The van der Waals surface area contributed by atoms with Crippen molar-refractivity contribution >= 4 is 0 Å². The third-order valence-corrected chi connectivity index (χ3v) is 3.76. The van der Waals surface area contributed by atoms with Crippen LogP contribution in [0.15, 0.2) is 23.0 Å². The molecule has 0 N–H and O–H groups in total. The SMILES string of the molecule is CCOC1=C(C)C(C)(N(C)C)C(C(C)C)=C1. The van der Waals surface area contributed by atoms with E-state index in [0.717, 1.165) is 12.4 Å². The topological polar surface area (TPSA) is 12.5 Å². The van der Waals surface area contributed by atoms with Crippen molar-refractivity contribution in [1.29, 1.82) is 0 Å².